The van der Waals surface area contributed by atoms with Gasteiger partial charge in [-0.25, -0.2) is 4.79 Å². The predicted octanol–water partition coefficient (Wildman–Crippen LogP) is 2.94. The second-order valence-corrected chi connectivity index (χ2v) is 7.56. The normalized spacial score (nSPS) is 17.7. The SMILES string of the molecule is CC(C)[C@H](C(=O)O)N1C(=O)/C(=C/c2ccc3nccnc3c2)SC1=S. The minimum Gasteiger partial charge on any atom is -0.480 e. The van der Waals surface area contributed by atoms with Crippen LogP contribution in [0, 0.1) is 5.92 Å². The third kappa shape index (κ3) is 3.40. The summed E-state index contributed by atoms with van der Waals surface area (Å²) in [7, 11) is 0. The van der Waals surface area contributed by atoms with Gasteiger partial charge in [0.2, 0.25) is 0 Å². The number of nitrogens with zero attached hydrogens (tertiary/aromatic N) is 3. The molecule has 1 aromatic heterocycles. The van der Waals surface area contributed by atoms with Gasteiger partial charge < -0.3 is 5.11 Å². The molecule has 0 spiro atoms. The average Bonchev–Trinajstić information content (AvgIpc) is 2.82. The van der Waals surface area contributed by atoms with Gasteiger partial charge >= 0.3 is 5.97 Å². The average molecular weight is 373 g/mol. The summed E-state index contributed by atoms with van der Waals surface area (Å²) in [5, 5.41) is 9.44. The quantitative estimate of drug-likeness (QED) is 0.651. The van der Waals surface area contributed by atoms with Crippen molar-refractivity contribution in [3.8, 4) is 0 Å². The molecule has 1 aromatic carbocycles. The highest BCUT2D eigenvalue weighted by Gasteiger charge is 2.41. The first-order valence-corrected chi connectivity index (χ1v) is 8.81. The molecule has 0 saturated carbocycles. The molecule has 3 rings (SSSR count). The van der Waals surface area contributed by atoms with Gasteiger partial charge in [-0.1, -0.05) is 43.9 Å². The first-order valence-electron chi connectivity index (χ1n) is 7.59. The zero-order valence-corrected chi connectivity index (χ0v) is 15.2. The Morgan fingerprint density at radius 3 is 2.60 bits per heavy atom. The molecule has 0 radical (unpaired) electrons. The lowest BCUT2D eigenvalue weighted by Crippen LogP contribution is -2.47. The molecule has 1 amide bonds. The number of amides is 1. The van der Waals surface area contributed by atoms with E-state index in [1.807, 2.05) is 18.2 Å². The van der Waals surface area contributed by atoms with Crippen molar-refractivity contribution in [2.45, 2.75) is 19.9 Å². The standard InChI is InChI=1S/C17H15N3O3S2/c1-9(2)14(16(22)23)20-15(21)13(25-17(20)24)8-10-3-4-11-12(7-10)19-6-5-18-11/h3-9,14H,1-2H3,(H,22,23)/b13-8-/t14-/m1/s1. The number of hydrogen-bond donors (Lipinski definition) is 1. The predicted molar refractivity (Wildman–Crippen MR) is 101 cm³/mol. The van der Waals surface area contributed by atoms with Crippen LogP contribution in [0.1, 0.15) is 19.4 Å². The van der Waals surface area contributed by atoms with Crippen LogP contribution in [0.25, 0.3) is 17.1 Å². The number of aliphatic carboxylic acids is 1. The number of fused-ring (bicyclic) bond motifs is 1. The van der Waals surface area contributed by atoms with Gasteiger partial charge in [0.25, 0.3) is 5.91 Å². The smallest absolute Gasteiger partial charge is 0.327 e. The molecule has 6 nitrogen and oxygen atoms in total. The van der Waals surface area contributed by atoms with Gasteiger partial charge in [-0.15, -0.1) is 0 Å². The number of hydrogen-bond acceptors (Lipinski definition) is 6. The Morgan fingerprint density at radius 1 is 1.28 bits per heavy atom. The van der Waals surface area contributed by atoms with Crippen molar-refractivity contribution in [3.63, 3.8) is 0 Å². The Balaban J connectivity index is 1.95. The molecular weight excluding hydrogens is 358 g/mol. The molecular formula is C17H15N3O3S2. The first-order chi connectivity index (χ1) is 11.9. The van der Waals surface area contributed by atoms with Gasteiger partial charge in [-0.3, -0.25) is 19.7 Å². The highest BCUT2D eigenvalue weighted by atomic mass is 32.2. The van der Waals surface area contributed by atoms with Crippen LogP contribution in [0.3, 0.4) is 0 Å². The molecule has 0 aliphatic carbocycles. The van der Waals surface area contributed by atoms with E-state index in [1.54, 1.807) is 32.3 Å². The minimum absolute atomic E-state index is 0.254. The lowest BCUT2D eigenvalue weighted by atomic mass is 10.0. The molecule has 1 atom stereocenters. The molecule has 1 fully saturated rings. The van der Waals surface area contributed by atoms with Gasteiger partial charge in [0, 0.05) is 12.4 Å². The lowest BCUT2D eigenvalue weighted by molar-refractivity contribution is -0.146. The van der Waals surface area contributed by atoms with Crippen molar-refractivity contribution < 1.29 is 14.7 Å². The number of benzene rings is 1. The van der Waals surface area contributed by atoms with E-state index in [0.717, 1.165) is 28.4 Å². The van der Waals surface area contributed by atoms with Crippen LogP contribution in [0.15, 0.2) is 35.5 Å². The Bertz CT molecular complexity index is 911. The molecule has 25 heavy (non-hydrogen) atoms. The van der Waals surface area contributed by atoms with Crippen molar-refractivity contribution in [1.82, 2.24) is 14.9 Å². The zero-order chi connectivity index (χ0) is 18.1. The highest BCUT2D eigenvalue weighted by Crippen LogP contribution is 2.35. The van der Waals surface area contributed by atoms with Crippen molar-refractivity contribution in [2.24, 2.45) is 5.92 Å². The van der Waals surface area contributed by atoms with Gasteiger partial charge in [0.05, 0.1) is 15.9 Å². The largest absolute Gasteiger partial charge is 0.480 e. The number of thiocarbonyl (C=S) groups is 1. The Hall–Kier alpha value is -2.32. The Morgan fingerprint density at radius 2 is 1.96 bits per heavy atom. The molecule has 1 aliphatic rings. The number of carboxylic acid groups (broad SMARTS) is 1. The number of carbonyl (C=O) groups excluding carboxylic acids is 1. The van der Waals surface area contributed by atoms with Crippen molar-refractivity contribution >= 4 is 57.3 Å². The summed E-state index contributed by atoms with van der Waals surface area (Å²) in [4.78, 5) is 34.3. The third-order valence-electron chi connectivity index (χ3n) is 3.78. The van der Waals surface area contributed by atoms with Crippen LogP contribution in [-0.4, -0.2) is 42.2 Å². The second kappa shape index (κ2) is 6.89. The Kier molecular flexibility index (Phi) is 4.82. The van der Waals surface area contributed by atoms with E-state index in [0.29, 0.717) is 4.91 Å². The number of carboxylic acids is 1. The second-order valence-electron chi connectivity index (χ2n) is 5.88. The zero-order valence-electron chi connectivity index (χ0n) is 13.5. The van der Waals surface area contributed by atoms with E-state index in [2.05, 4.69) is 9.97 Å². The molecule has 1 N–H and O–H groups in total. The van der Waals surface area contributed by atoms with Crippen LogP contribution in [0.4, 0.5) is 0 Å². The monoisotopic (exact) mass is 373 g/mol. The summed E-state index contributed by atoms with van der Waals surface area (Å²) in [6.45, 7) is 3.51. The number of aromatic nitrogens is 2. The van der Waals surface area contributed by atoms with E-state index in [9.17, 15) is 14.7 Å². The maximum absolute atomic E-state index is 12.7. The fraction of sp³-hybridized carbons (Fsp3) is 0.235. The van der Waals surface area contributed by atoms with Crippen molar-refractivity contribution in [2.75, 3.05) is 0 Å². The molecule has 0 unspecified atom stereocenters. The summed E-state index contributed by atoms with van der Waals surface area (Å²) in [6, 6.07) is 4.51. The summed E-state index contributed by atoms with van der Waals surface area (Å²) < 4.78 is 0.262. The minimum atomic E-state index is -1.06. The number of thioether (sulfide) groups is 1. The van der Waals surface area contributed by atoms with Crippen LogP contribution in [0.2, 0.25) is 0 Å². The van der Waals surface area contributed by atoms with E-state index < -0.39 is 12.0 Å². The third-order valence-corrected chi connectivity index (χ3v) is 5.11. The molecule has 8 heteroatoms. The lowest BCUT2D eigenvalue weighted by Gasteiger charge is -2.26. The maximum Gasteiger partial charge on any atom is 0.327 e. The van der Waals surface area contributed by atoms with Gasteiger partial charge in [-0.05, 0) is 29.7 Å². The van der Waals surface area contributed by atoms with Crippen LogP contribution >= 0.6 is 24.0 Å². The maximum atomic E-state index is 12.7. The molecule has 0 bridgehead atoms. The van der Waals surface area contributed by atoms with E-state index in [-0.39, 0.29) is 16.1 Å². The topological polar surface area (TPSA) is 83.4 Å². The highest BCUT2D eigenvalue weighted by molar-refractivity contribution is 8.26. The summed E-state index contributed by atoms with van der Waals surface area (Å²) >= 11 is 6.36. The van der Waals surface area contributed by atoms with E-state index in [1.165, 1.54) is 4.90 Å². The van der Waals surface area contributed by atoms with Gasteiger partial charge in [0.1, 0.15) is 10.4 Å². The Labute approximate surface area is 154 Å². The summed E-state index contributed by atoms with van der Waals surface area (Å²) in [6.07, 6.45) is 4.92. The molecule has 2 aromatic rings. The molecule has 128 valence electrons. The van der Waals surface area contributed by atoms with Crippen molar-refractivity contribution in [3.05, 3.63) is 41.1 Å². The molecule has 2 heterocycles. The molecule has 1 saturated heterocycles. The summed E-state index contributed by atoms with van der Waals surface area (Å²) in [5.41, 5.74) is 2.26. The number of carbonyl (C=O) groups is 2. The van der Waals surface area contributed by atoms with Gasteiger partial charge in [-0.2, -0.15) is 0 Å². The van der Waals surface area contributed by atoms with E-state index >= 15 is 0 Å². The fourth-order valence-electron chi connectivity index (χ4n) is 2.63. The molecule has 1 aliphatic heterocycles. The van der Waals surface area contributed by atoms with Crippen LogP contribution in [0.5, 0.6) is 0 Å². The van der Waals surface area contributed by atoms with Gasteiger partial charge in [0.15, 0.2) is 0 Å². The number of rotatable bonds is 4. The van der Waals surface area contributed by atoms with Crippen LogP contribution < -0.4 is 0 Å². The van der Waals surface area contributed by atoms with Crippen LogP contribution in [-0.2, 0) is 9.59 Å². The van der Waals surface area contributed by atoms with E-state index in [4.69, 9.17) is 12.2 Å². The first kappa shape index (κ1) is 17.5. The fourth-order valence-corrected chi connectivity index (χ4v) is 3.96. The summed E-state index contributed by atoms with van der Waals surface area (Å²) in [5.74, 6) is -1.70. The van der Waals surface area contributed by atoms with Crippen molar-refractivity contribution in [1.29, 1.82) is 0 Å².